The van der Waals surface area contributed by atoms with Crippen LogP contribution in [0.1, 0.15) is 19.8 Å². The number of hydrogen-bond donors (Lipinski definition) is 3. The SMILES string of the molecule is CCNC(=NCC(=O)NCCOC)NC1CCCN(c2ccc(OC(F)F)cc2)C1.I. The molecule has 1 aliphatic heterocycles. The highest BCUT2D eigenvalue weighted by Crippen LogP contribution is 2.23. The smallest absolute Gasteiger partial charge is 0.387 e. The van der Waals surface area contributed by atoms with Crippen molar-refractivity contribution in [3.8, 4) is 5.75 Å². The van der Waals surface area contributed by atoms with Gasteiger partial charge in [0.05, 0.1) is 6.61 Å². The lowest BCUT2D eigenvalue weighted by atomic mass is 10.0. The third-order valence-electron chi connectivity index (χ3n) is 4.54. The number of halogens is 3. The van der Waals surface area contributed by atoms with Crippen LogP contribution in [0.2, 0.25) is 0 Å². The lowest BCUT2D eigenvalue weighted by Crippen LogP contribution is -2.51. The molecule has 3 N–H and O–H groups in total. The number of aliphatic imine (C=N–C) groups is 1. The second-order valence-corrected chi connectivity index (χ2v) is 6.84. The third-order valence-corrected chi connectivity index (χ3v) is 4.54. The molecule has 1 heterocycles. The Hall–Kier alpha value is -1.89. The van der Waals surface area contributed by atoms with Gasteiger partial charge in [-0.2, -0.15) is 8.78 Å². The van der Waals surface area contributed by atoms with Gasteiger partial charge in [0.1, 0.15) is 12.3 Å². The number of piperidine rings is 1. The Morgan fingerprint density at radius 3 is 2.68 bits per heavy atom. The number of amides is 1. The Balaban J connectivity index is 0.00000480. The molecule has 31 heavy (non-hydrogen) atoms. The maximum absolute atomic E-state index is 12.3. The fourth-order valence-corrected chi connectivity index (χ4v) is 3.18. The number of ether oxygens (including phenoxy) is 2. The highest BCUT2D eigenvalue weighted by Gasteiger charge is 2.21. The summed E-state index contributed by atoms with van der Waals surface area (Å²) >= 11 is 0. The Labute approximate surface area is 199 Å². The fraction of sp³-hybridized carbons (Fsp3) is 0.600. The predicted octanol–water partition coefficient (Wildman–Crippen LogP) is 2.19. The molecular weight excluding hydrogens is 523 g/mol. The maximum atomic E-state index is 12.3. The zero-order valence-electron chi connectivity index (χ0n) is 17.9. The Bertz CT molecular complexity index is 679. The minimum atomic E-state index is -2.83. The van der Waals surface area contributed by atoms with Crippen LogP contribution in [0, 0.1) is 0 Å². The van der Waals surface area contributed by atoms with Crippen LogP contribution in [0.4, 0.5) is 14.5 Å². The zero-order valence-corrected chi connectivity index (χ0v) is 20.2. The average molecular weight is 555 g/mol. The van der Waals surface area contributed by atoms with Crippen LogP contribution in [0.25, 0.3) is 0 Å². The van der Waals surface area contributed by atoms with Gasteiger partial charge < -0.3 is 30.3 Å². The van der Waals surface area contributed by atoms with E-state index in [9.17, 15) is 13.6 Å². The van der Waals surface area contributed by atoms with Gasteiger partial charge in [0.2, 0.25) is 5.91 Å². The van der Waals surface area contributed by atoms with Crippen LogP contribution in [-0.2, 0) is 9.53 Å². The van der Waals surface area contributed by atoms with E-state index in [2.05, 4.69) is 30.6 Å². The Kier molecular flexibility index (Phi) is 13.1. The number of methoxy groups -OCH3 is 1. The molecule has 1 fully saturated rings. The summed E-state index contributed by atoms with van der Waals surface area (Å²) in [5.74, 6) is 0.568. The van der Waals surface area contributed by atoms with Gasteiger partial charge in [-0.25, -0.2) is 4.99 Å². The van der Waals surface area contributed by atoms with Crippen molar-refractivity contribution in [3.63, 3.8) is 0 Å². The number of nitrogens with zero attached hydrogens (tertiary/aromatic N) is 2. The van der Waals surface area contributed by atoms with E-state index in [-0.39, 0.29) is 48.2 Å². The first-order valence-electron chi connectivity index (χ1n) is 10.1. The molecular formula is C20H32F2IN5O3. The van der Waals surface area contributed by atoms with Gasteiger partial charge in [-0.05, 0) is 44.0 Å². The van der Waals surface area contributed by atoms with Crippen molar-refractivity contribution in [3.05, 3.63) is 24.3 Å². The number of nitrogens with one attached hydrogen (secondary N) is 3. The van der Waals surface area contributed by atoms with Crippen molar-refractivity contribution in [2.24, 2.45) is 4.99 Å². The monoisotopic (exact) mass is 555 g/mol. The molecule has 1 atom stereocenters. The molecule has 1 aromatic carbocycles. The number of anilines is 1. The first-order valence-corrected chi connectivity index (χ1v) is 10.1. The molecule has 11 heteroatoms. The molecule has 1 saturated heterocycles. The second-order valence-electron chi connectivity index (χ2n) is 6.84. The van der Waals surface area contributed by atoms with Gasteiger partial charge in [-0.15, -0.1) is 24.0 Å². The van der Waals surface area contributed by atoms with Gasteiger partial charge in [-0.3, -0.25) is 4.79 Å². The van der Waals surface area contributed by atoms with E-state index >= 15 is 0 Å². The van der Waals surface area contributed by atoms with Gasteiger partial charge in [0.15, 0.2) is 5.96 Å². The van der Waals surface area contributed by atoms with Crippen LogP contribution in [0.3, 0.4) is 0 Å². The Morgan fingerprint density at radius 1 is 1.29 bits per heavy atom. The van der Waals surface area contributed by atoms with E-state index in [0.717, 1.165) is 31.6 Å². The van der Waals surface area contributed by atoms with Gasteiger partial charge in [0.25, 0.3) is 0 Å². The second kappa shape index (κ2) is 15.0. The third kappa shape index (κ3) is 10.3. The van der Waals surface area contributed by atoms with E-state index in [1.54, 1.807) is 31.4 Å². The summed E-state index contributed by atoms with van der Waals surface area (Å²) < 4.78 is 33.9. The van der Waals surface area contributed by atoms with E-state index in [4.69, 9.17) is 4.74 Å². The Morgan fingerprint density at radius 2 is 2.03 bits per heavy atom. The molecule has 0 aromatic heterocycles. The van der Waals surface area contributed by atoms with Crippen LogP contribution in [0.5, 0.6) is 5.75 Å². The van der Waals surface area contributed by atoms with Crippen molar-refractivity contribution in [2.75, 3.05) is 51.3 Å². The average Bonchev–Trinajstić information content (AvgIpc) is 2.73. The van der Waals surface area contributed by atoms with E-state index in [1.807, 2.05) is 6.92 Å². The van der Waals surface area contributed by atoms with Crippen molar-refractivity contribution in [2.45, 2.75) is 32.4 Å². The van der Waals surface area contributed by atoms with Crippen LogP contribution >= 0.6 is 24.0 Å². The number of guanidine groups is 1. The molecule has 1 amide bonds. The first kappa shape index (κ1) is 27.1. The molecule has 0 aliphatic carbocycles. The molecule has 1 unspecified atom stereocenters. The number of alkyl halides is 2. The normalized spacial score (nSPS) is 16.5. The van der Waals surface area contributed by atoms with E-state index < -0.39 is 6.61 Å². The van der Waals surface area contributed by atoms with Gasteiger partial charge in [-0.1, -0.05) is 0 Å². The molecule has 0 bridgehead atoms. The van der Waals surface area contributed by atoms with E-state index in [1.165, 1.54) is 0 Å². The summed E-state index contributed by atoms with van der Waals surface area (Å²) in [5, 5.41) is 9.28. The number of hydrogen-bond acceptors (Lipinski definition) is 5. The number of carbonyl (C=O) groups excluding carboxylic acids is 1. The van der Waals surface area contributed by atoms with Crippen molar-refractivity contribution in [1.82, 2.24) is 16.0 Å². The maximum Gasteiger partial charge on any atom is 0.387 e. The van der Waals surface area contributed by atoms with Crippen LogP contribution in [-0.4, -0.2) is 71.0 Å². The first-order chi connectivity index (χ1) is 14.5. The topological polar surface area (TPSA) is 87.2 Å². The number of carbonyl (C=O) groups is 1. The summed E-state index contributed by atoms with van der Waals surface area (Å²) in [6.45, 7) is 2.37. The molecule has 176 valence electrons. The van der Waals surface area contributed by atoms with Crippen molar-refractivity contribution in [1.29, 1.82) is 0 Å². The van der Waals surface area contributed by atoms with Crippen molar-refractivity contribution >= 4 is 41.5 Å². The molecule has 2 rings (SSSR count). The minimum Gasteiger partial charge on any atom is -0.435 e. The number of rotatable bonds is 10. The van der Waals surface area contributed by atoms with Gasteiger partial charge >= 0.3 is 6.61 Å². The minimum absolute atomic E-state index is 0. The van der Waals surface area contributed by atoms with E-state index in [0.29, 0.717) is 25.7 Å². The summed E-state index contributed by atoms with van der Waals surface area (Å²) in [6.07, 6.45) is 1.94. The molecule has 1 aromatic rings. The lowest BCUT2D eigenvalue weighted by Gasteiger charge is -2.35. The molecule has 1 aliphatic rings. The van der Waals surface area contributed by atoms with Crippen molar-refractivity contribution < 1.29 is 23.0 Å². The molecule has 0 saturated carbocycles. The predicted molar refractivity (Wildman–Crippen MR) is 128 cm³/mol. The van der Waals surface area contributed by atoms with Crippen LogP contribution < -0.4 is 25.6 Å². The number of benzene rings is 1. The molecule has 8 nitrogen and oxygen atoms in total. The van der Waals surface area contributed by atoms with Crippen LogP contribution in [0.15, 0.2) is 29.3 Å². The quantitative estimate of drug-likeness (QED) is 0.178. The van der Waals surface area contributed by atoms with Gasteiger partial charge in [0, 0.05) is 45.0 Å². The summed E-state index contributed by atoms with van der Waals surface area (Å²) in [6, 6.07) is 6.80. The highest BCUT2D eigenvalue weighted by atomic mass is 127. The lowest BCUT2D eigenvalue weighted by molar-refractivity contribution is -0.119. The zero-order chi connectivity index (χ0) is 21.8. The highest BCUT2D eigenvalue weighted by molar-refractivity contribution is 14.0. The molecule has 0 radical (unpaired) electrons. The largest absolute Gasteiger partial charge is 0.435 e. The molecule has 0 spiro atoms. The fourth-order valence-electron chi connectivity index (χ4n) is 3.18. The summed E-state index contributed by atoms with van der Waals surface area (Å²) in [4.78, 5) is 18.4. The summed E-state index contributed by atoms with van der Waals surface area (Å²) in [5.41, 5.74) is 0.947. The standard InChI is InChI=1S/C20H31F2N5O3.HI/c1-3-23-20(25-13-18(28)24-10-12-29-2)26-15-5-4-11-27(14-15)16-6-8-17(9-7-16)30-19(21)22;/h6-9,15,19H,3-5,10-14H2,1-2H3,(H,24,28)(H2,23,25,26);1H. The summed E-state index contributed by atoms with van der Waals surface area (Å²) in [7, 11) is 1.58.